The van der Waals surface area contributed by atoms with Crippen molar-refractivity contribution < 1.29 is 5.11 Å². The summed E-state index contributed by atoms with van der Waals surface area (Å²) in [6.07, 6.45) is 9.12. The van der Waals surface area contributed by atoms with E-state index >= 15 is 0 Å². The Bertz CT molecular complexity index is 555. The Morgan fingerprint density at radius 2 is 2.18 bits per heavy atom. The van der Waals surface area contributed by atoms with Crippen LogP contribution in [0, 0.1) is 12.8 Å². The van der Waals surface area contributed by atoms with Gasteiger partial charge >= 0.3 is 0 Å². The lowest BCUT2D eigenvalue weighted by Crippen LogP contribution is -2.61. The highest BCUT2D eigenvalue weighted by atomic mass is 16.3. The van der Waals surface area contributed by atoms with Crippen molar-refractivity contribution in [1.82, 2.24) is 4.90 Å². The Kier molecular flexibility index (Phi) is 3.78. The van der Waals surface area contributed by atoms with Crippen LogP contribution in [0.15, 0.2) is 18.2 Å². The summed E-state index contributed by atoms with van der Waals surface area (Å²) in [5.41, 5.74) is 5.22. The molecule has 1 aliphatic heterocycles. The molecule has 0 amide bonds. The van der Waals surface area contributed by atoms with Gasteiger partial charge in [-0.2, -0.15) is 0 Å². The summed E-state index contributed by atoms with van der Waals surface area (Å²) in [6, 6.07) is 7.93. The summed E-state index contributed by atoms with van der Waals surface area (Å²) in [4.78, 5) is 2.70. The van der Waals surface area contributed by atoms with Crippen LogP contribution in [0.5, 0.6) is 0 Å². The highest BCUT2D eigenvalue weighted by molar-refractivity contribution is 5.43. The highest BCUT2D eigenvalue weighted by Crippen LogP contribution is 2.55. The van der Waals surface area contributed by atoms with Crippen LogP contribution in [0.25, 0.3) is 0 Å². The lowest BCUT2D eigenvalue weighted by molar-refractivity contribution is -0.0133. The lowest BCUT2D eigenvalue weighted by Gasteiger charge is -2.59. The summed E-state index contributed by atoms with van der Waals surface area (Å²) in [5, 5.41) is 9.21. The van der Waals surface area contributed by atoms with Crippen molar-refractivity contribution in [3.63, 3.8) is 0 Å². The Labute approximate surface area is 134 Å². The van der Waals surface area contributed by atoms with Crippen LogP contribution in [0.4, 0.5) is 0 Å². The molecule has 2 heteroatoms. The van der Waals surface area contributed by atoms with Gasteiger partial charge in [-0.05, 0) is 62.6 Å². The minimum atomic E-state index is 0.328. The number of aliphatic hydroxyl groups is 1. The zero-order valence-electron chi connectivity index (χ0n) is 13.9. The zero-order chi connectivity index (χ0) is 15.2. The quantitative estimate of drug-likeness (QED) is 0.924. The molecule has 3 unspecified atom stereocenters. The number of rotatable bonds is 3. The summed E-state index contributed by atoms with van der Waals surface area (Å²) >= 11 is 0. The first kappa shape index (κ1) is 14.7. The number of aliphatic hydroxyl groups excluding tert-OH is 1. The van der Waals surface area contributed by atoms with E-state index in [2.05, 4.69) is 30.0 Å². The fraction of sp³-hybridized carbons (Fsp3) is 0.700. The minimum Gasteiger partial charge on any atom is -0.396 e. The van der Waals surface area contributed by atoms with Crippen LogP contribution in [0.3, 0.4) is 0 Å². The maximum atomic E-state index is 9.21. The standard InChI is InChI=1S/C20H29NO/c1-15-6-7-16-14-19-17-5-2-3-8-20(17,18(16)13-15)9-11-21(19)10-4-12-22/h6-7,13,17,19,22H,2-5,8-12,14H2,1H3. The van der Waals surface area contributed by atoms with Gasteiger partial charge in [-0.25, -0.2) is 0 Å². The van der Waals surface area contributed by atoms with Crippen molar-refractivity contribution in [2.75, 3.05) is 19.7 Å². The number of nitrogens with zero attached hydrogens (tertiary/aromatic N) is 1. The van der Waals surface area contributed by atoms with Gasteiger partial charge in [0.15, 0.2) is 0 Å². The predicted octanol–water partition coefficient (Wildman–Crippen LogP) is 3.44. The van der Waals surface area contributed by atoms with Crippen LogP contribution < -0.4 is 0 Å². The van der Waals surface area contributed by atoms with Crippen LogP contribution in [-0.2, 0) is 11.8 Å². The molecule has 0 aromatic heterocycles. The third kappa shape index (κ3) is 2.15. The number of hydrogen-bond donors (Lipinski definition) is 1. The van der Waals surface area contributed by atoms with E-state index in [1.807, 2.05) is 0 Å². The molecule has 3 aliphatic rings. The van der Waals surface area contributed by atoms with Gasteiger partial charge < -0.3 is 5.11 Å². The molecule has 1 N–H and O–H groups in total. The molecule has 1 saturated carbocycles. The number of likely N-dealkylation sites (tertiary alicyclic amines) is 1. The van der Waals surface area contributed by atoms with Gasteiger partial charge in [0.05, 0.1) is 0 Å². The van der Waals surface area contributed by atoms with Gasteiger partial charge in [0.1, 0.15) is 0 Å². The van der Waals surface area contributed by atoms with E-state index in [9.17, 15) is 5.11 Å². The van der Waals surface area contributed by atoms with Crippen molar-refractivity contribution >= 4 is 0 Å². The van der Waals surface area contributed by atoms with E-state index in [-0.39, 0.29) is 0 Å². The summed E-state index contributed by atoms with van der Waals surface area (Å²) in [6.45, 7) is 4.88. The number of hydrogen-bond acceptors (Lipinski definition) is 2. The first-order chi connectivity index (χ1) is 10.7. The van der Waals surface area contributed by atoms with Crippen LogP contribution in [0.2, 0.25) is 0 Å². The average molecular weight is 299 g/mol. The van der Waals surface area contributed by atoms with E-state index in [1.165, 1.54) is 50.6 Å². The third-order valence-electron chi connectivity index (χ3n) is 6.71. The molecule has 1 aromatic rings. The molecule has 0 radical (unpaired) electrons. The second-order valence-electron chi connectivity index (χ2n) is 7.80. The Hall–Kier alpha value is -0.860. The van der Waals surface area contributed by atoms with Gasteiger partial charge in [-0.3, -0.25) is 4.90 Å². The number of aryl methyl sites for hydroxylation is 1. The molecular formula is C20H29NO. The molecule has 0 spiro atoms. The van der Waals surface area contributed by atoms with Gasteiger partial charge in [0, 0.05) is 24.6 Å². The minimum absolute atomic E-state index is 0.328. The van der Waals surface area contributed by atoms with Gasteiger partial charge in [0.25, 0.3) is 0 Å². The molecule has 1 aromatic carbocycles. The highest BCUT2D eigenvalue weighted by Gasteiger charge is 2.53. The molecule has 4 rings (SSSR count). The molecule has 2 nitrogen and oxygen atoms in total. The van der Waals surface area contributed by atoms with E-state index in [0.717, 1.165) is 24.9 Å². The topological polar surface area (TPSA) is 23.5 Å². The zero-order valence-corrected chi connectivity index (χ0v) is 13.9. The van der Waals surface area contributed by atoms with Gasteiger partial charge in [-0.1, -0.05) is 36.6 Å². The monoisotopic (exact) mass is 299 g/mol. The smallest absolute Gasteiger partial charge is 0.0443 e. The molecule has 3 atom stereocenters. The van der Waals surface area contributed by atoms with Crippen molar-refractivity contribution in [3.8, 4) is 0 Å². The molecule has 120 valence electrons. The summed E-state index contributed by atoms with van der Waals surface area (Å²) < 4.78 is 0. The van der Waals surface area contributed by atoms with E-state index in [1.54, 1.807) is 11.1 Å². The maximum absolute atomic E-state index is 9.21. The Morgan fingerprint density at radius 1 is 1.27 bits per heavy atom. The van der Waals surface area contributed by atoms with Crippen molar-refractivity contribution in [2.24, 2.45) is 5.92 Å². The van der Waals surface area contributed by atoms with Crippen LogP contribution in [-0.4, -0.2) is 35.7 Å². The first-order valence-corrected chi connectivity index (χ1v) is 9.19. The molecule has 2 aliphatic carbocycles. The largest absolute Gasteiger partial charge is 0.396 e. The van der Waals surface area contributed by atoms with Crippen LogP contribution >= 0.6 is 0 Å². The van der Waals surface area contributed by atoms with Gasteiger partial charge in [-0.15, -0.1) is 0 Å². The molecule has 2 fully saturated rings. The van der Waals surface area contributed by atoms with E-state index < -0.39 is 0 Å². The number of piperidine rings is 1. The fourth-order valence-corrected chi connectivity index (χ4v) is 5.75. The van der Waals surface area contributed by atoms with Crippen molar-refractivity contribution in [2.45, 2.75) is 63.3 Å². The van der Waals surface area contributed by atoms with E-state index in [4.69, 9.17) is 0 Å². The van der Waals surface area contributed by atoms with Crippen LogP contribution in [0.1, 0.15) is 55.2 Å². The second-order valence-corrected chi connectivity index (χ2v) is 7.80. The maximum Gasteiger partial charge on any atom is 0.0443 e. The molecule has 22 heavy (non-hydrogen) atoms. The molecule has 1 heterocycles. The van der Waals surface area contributed by atoms with Crippen molar-refractivity contribution in [1.29, 1.82) is 0 Å². The lowest BCUT2D eigenvalue weighted by atomic mass is 9.52. The normalized spacial score (nSPS) is 34.1. The molecular weight excluding hydrogens is 270 g/mol. The Balaban J connectivity index is 1.75. The number of fused-ring (bicyclic) bond motifs is 1. The summed E-state index contributed by atoms with van der Waals surface area (Å²) in [7, 11) is 0. The average Bonchev–Trinajstić information content (AvgIpc) is 2.55. The van der Waals surface area contributed by atoms with Gasteiger partial charge in [0.2, 0.25) is 0 Å². The fourth-order valence-electron chi connectivity index (χ4n) is 5.75. The SMILES string of the molecule is Cc1ccc2c(c1)C13CCCCC1C(C2)N(CCCO)CC3. The Morgan fingerprint density at radius 3 is 3.05 bits per heavy atom. The molecule has 2 bridgehead atoms. The second kappa shape index (κ2) is 5.65. The predicted molar refractivity (Wildman–Crippen MR) is 90.2 cm³/mol. The summed E-state index contributed by atoms with van der Waals surface area (Å²) in [5.74, 6) is 0.850. The van der Waals surface area contributed by atoms with E-state index in [0.29, 0.717) is 12.0 Å². The van der Waals surface area contributed by atoms with Crippen molar-refractivity contribution in [3.05, 3.63) is 34.9 Å². The molecule has 1 saturated heterocycles. The first-order valence-electron chi connectivity index (χ1n) is 9.19. The third-order valence-corrected chi connectivity index (χ3v) is 6.71. The number of benzene rings is 1.